The minimum atomic E-state index is -0.385. The summed E-state index contributed by atoms with van der Waals surface area (Å²) in [5, 5.41) is 2.72. The molecule has 5 nitrogen and oxygen atoms in total. The minimum absolute atomic E-state index is 0. The zero-order valence-electron chi connectivity index (χ0n) is 10.3. The third kappa shape index (κ3) is 2.98. The van der Waals surface area contributed by atoms with E-state index in [4.69, 9.17) is 14.2 Å². The van der Waals surface area contributed by atoms with Crippen molar-refractivity contribution in [3.63, 3.8) is 0 Å². The molecule has 1 N–H and O–H groups in total. The van der Waals surface area contributed by atoms with E-state index in [1.807, 2.05) is 25.1 Å². The molecule has 1 heterocycles. The van der Waals surface area contributed by atoms with Crippen LogP contribution in [0.15, 0.2) is 18.2 Å². The molecule has 1 saturated heterocycles. The fourth-order valence-corrected chi connectivity index (χ4v) is 1.74. The molecule has 0 radical (unpaired) electrons. The molecular weight excluding hydrogens is 258 g/mol. The number of ether oxygens (including phenoxy) is 3. The first-order valence-corrected chi connectivity index (χ1v) is 5.48. The topological polar surface area (TPSA) is 56.8 Å². The normalized spacial score (nSPS) is 17.4. The van der Waals surface area contributed by atoms with Crippen LogP contribution in [0.3, 0.4) is 0 Å². The number of methoxy groups -OCH3 is 1. The fourth-order valence-electron chi connectivity index (χ4n) is 1.74. The number of benzene rings is 1. The lowest BCUT2D eigenvalue weighted by molar-refractivity contribution is 0.177. The van der Waals surface area contributed by atoms with Crippen molar-refractivity contribution < 1.29 is 19.0 Å². The molecule has 1 aromatic carbocycles. The van der Waals surface area contributed by atoms with Crippen LogP contribution in [0.25, 0.3) is 0 Å². The van der Waals surface area contributed by atoms with Gasteiger partial charge in [-0.3, -0.25) is 0 Å². The smallest absolute Gasteiger partial charge is 0.407 e. The van der Waals surface area contributed by atoms with Gasteiger partial charge in [0.05, 0.1) is 19.8 Å². The number of alkyl carbamates (subject to hydrolysis) is 1. The summed E-state index contributed by atoms with van der Waals surface area (Å²) >= 11 is 0. The number of hydrogen-bond acceptors (Lipinski definition) is 4. The van der Waals surface area contributed by atoms with Gasteiger partial charge in [0.25, 0.3) is 0 Å². The van der Waals surface area contributed by atoms with E-state index < -0.39 is 0 Å². The van der Waals surface area contributed by atoms with E-state index in [-0.39, 0.29) is 24.5 Å². The highest BCUT2D eigenvalue weighted by molar-refractivity contribution is 5.85. The van der Waals surface area contributed by atoms with Crippen molar-refractivity contribution >= 4 is 18.5 Å². The molecule has 0 saturated carbocycles. The molecule has 2 rings (SSSR count). The molecule has 1 fully saturated rings. The number of carbonyl (C=O) groups is 1. The Labute approximate surface area is 112 Å². The Bertz CT molecular complexity index is 425. The molecule has 1 aliphatic rings. The number of amides is 1. The second kappa shape index (κ2) is 6.35. The van der Waals surface area contributed by atoms with Gasteiger partial charge in [-0.1, -0.05) is 6.07 Å². The standard InChI is InChI=1S/C12H15NO4.ClH/c1-3-16-11-6-8(4-5-10(11)15-2)9-7-17-12(14)13-9;/h4-6,9H,3,7H2,1-2H3,(H,13,14);1H/t9-;/m0./s1. The molecule has 0 unspecified atom stereocenters. The van der Waals surface area contributed by atoms with Gasteiger partial charge in [-0.2, -0.15) is 0 Å². The van der Waals surface area contributed by atoms with Crippen LogP contribution in [0.1, 0.15) is 18.5 Å². The van der Waals surface area contributed by atoms with E-state index >= 15 is 0 Å². The molecule has 0 aliphatic carbocycles. The molecule has 1 aliphatic heterocycles. The van der Waals surface area contributed by atoms with Crippen molar-refractivity contribution in [1.29, 1.82) is 0 Å². The highest BCUT2D eigenvalue weighted by atomic mass is 35.5. The van der Waals surface area contributed by atoms with Crippen LogP contribution >= 0.6 is 12.4 Å². The van der Waals surface area contributed by atoms with Gasteiger partial charge in [-0.15, -0.1) is 12.4 Å². The first kappa shape index (κ1) is 14.4. The summed E-state index contributed by atoms with van der Waals surface area (Å²) in [5.41, 5.74) is 0.945. The Morgan fingerprint density at radius 3 is 2.78 bits per heavy atom. The largest absolute Gasteiger partial charge is 0.493 e. The minimum Gasteiger partial charge on any atom is -0.493 e. The SMILES string of the molecule is CCOc1cc([C@@H]2COC(=O)N2)ccc1OC.Cl. The third-order valence-corrected chi connectivity index (χ3v) is 2.56. The van der Waals surface area contributed by atoms with E-state index in [0.29, 0.717) is 24.7 Å². The molecule has 6 heteroatoms. The number of hydrogen-bond donors (Lipinski definition) is 1. The number of halogens is 1. The van der Waals surface area contributed by atoms with Crippen molar-refractivity contribution in [2.75, 3.05) is 20.3 Å². The Morgan fingerprint density at radius 2 is 2.22 bits per heavy atom. The number of carbonyl (C=O) groups excluding carboxylic acids is 1. The number of cyclic esters (lactones) is 1. The number of rotatable bonds is 4. The van der Waals surface area contributed by atoms with E-state index in [1.54, 1.807) is 7.11 Å². The molecule has 1 atom stereocenters. The van der Waals surface area contributed by atoms with Gasteiger partial charge in [-0.25, -0.2) is 4.79 Å². The van der Waals surface area contributed by atoms with Crippen molar-refractivity contribution in [3.8, 4) is 11.5 Å². The molecule has 18 heavy (non-hydrogen) atoms. The maximum atomic E-state index is 11.0. The lowest BCUT2D eigenvalue weighted by atomic mass is 10.1. The molecule has 0 bridgehead atoms. The van der Waals surface area contributed by atoms with Gasteiger partial charge in [-0.05, 0) is 24.6 Å². The van der Waals surface area contributed by atoms with Gasteiger partial charge in [0.1, 0.15) is 6.61 Å². The highest BCUT2D eigenvalue weighted by Gasteiger charge is 2.24. The number of nitrogens with one attached hydrogen (secondary N) is 1. The Kier molecular flexibility index (Phi) is 5.09. The van der Waals surface area contributed by atoms with Crippen molar-refractivity contribution in [1.82, 2.24) is 5.32 Å². The Balaban J connectivity index is 0.00000162. The molecule has 0 spiro atoms. The molecule has 1 amide bonds. The van der Waals surface area contributed by atoms with Crippen molar-refractivity contribution in [2.24, 2.45) is 0 Å². The summed E-state index contributed by atoms with van der Waals surface area (Å²) in [7, 11) is 1.60. The van der Waals surface area contributed by atoms with E-state index in [2.05, 4.69) is 5.32 Å². The molecule has 1 aromatic rings. The van der Waals surface area contributed by atoms with E-state index in [1.165, 1.54) is 0 Å². The second-order valence-electron chi connectivity index (χ2n) is 3.64. The highest BCUT2D eigenvalue weighted by Crippen LogP contribution is 2.31. The average Bonchev–Trinajstić information content (AvgIpc) is 2.76. The quantitative estimate of drug-likeness (QED) is 0.914. The lowest BCUT2D eigenvalue weighted by Gasteiger charge is -2.13. The zero-order chi connectivity index (χ0) is 12.3. The maximum absolute atomic E-state index is 11.0. The third-order valence-electron chi connectivity index (χ3n) is 2.56. The Hall–Kier alpha value is -1.62. The van der Waals surface area contributed by atoms with Gasteiger partial charge in [0, 0.05) is 0 Å². The van der Waals surface area contributed by atoms with Crippen molar-refractivity contribution in [3.05, 3.63) is 23.8 Å². The summed E-state index contributed by atoms with van der Waals surface area (Å²) in [6.07, 6.45) is -0.385. The van der Waals surface area contributed by atoms with Crippen LogP contribution in [0.2, 0.25) is 0 Å². The predicted molar refractivity (Wildman–Crippen MR) is 68.6 cm³/mol. The summed E-state index contributed by atoms with van der Waals surface area (Å²) < 4.78 is 15.5. The van der Waals surface area contributed by atoms with Crippen LogP contribution < -0.4 is 14.8 Å². The van der Waals surface area contributed by atoms with Crippen LogP contribution in [0.4, 0.5) is 4.79 Å². The van der Waals surface area contributed by atoms with Gasteiger partial charge >= 0.3 is 6.09 Å². The van der Waals surface area contributed by atoms with Crippen LogP contribution in [0.5, 0.6) is 11.5 Å². The van der Waals surface area contributed by atoms with Gasteiger partial charge in [0.2, 0.25) is 0 Å². The summed E-state index contributed by atoms with van der Waals surface area (Å²) in [6.45, 7) is 2.82. The van der Waals surface area contributed by atoms with Crippen molar-refractivity contribution in [2.45, 2.75) is 13.0 Å². The fraction of sp³-hybridized carbons (Fsp3) is 0.417. The van der Waals surface area contributed by atoms with E-state index in [0.717, 1.165) is 5.56 Å². The molecule has 0 aromatic heterocycles. The molecule has 100 valence electrons. The zero-order valence-corrected chi connectivity index (χ0v) is 11.1. The maximum Gasteiger partial charge on any atom is 0.407 e. The second-order valence-corrected chi connectivity index (χ2v) is 3.64. The van der Waals surface area contributed by atoms with E-state index in [9.17, 15) is 4.79 Å². The lowest BCUT2D eigenvalue weighted by Crippen LogP contribution is -2.18. The molecular formula is C12H16ClNO4. The summed E-state index contributed by atoms with van der Waals surface area (Å²) in [6, 6.07) is 5.46. The van der Waals surface area contributed by atoms with Gasteiger partial charge < -0.3 is 19.5 Å². The van der Waals surface area contributed by atoms with Crippen LogP contribution in [-0.2, 0) is 4.74 Å². The van der Waals surface area contributed by atoms with Crippen LogP contribution in [-0.4, -0.2) is 26.4 Å². The first-order valence-electron chi connectivity index (χ1n) is 5.48. The summed E-state index contributed by atoms with van der Waals surface area (Å²) in [5.74, 6) is 1.36. The Morgan fingerprint density at radius 1 is 1.44 bits per heavy atom. The van der Waals surface area contributed by atoms with Crippen LogP contribution in [0, 0.1) is 0 Å². The average molecular weight is 274 g/mol. The van der Waals surface area contributed by atoms with Gasteiger partial charge in [0.15, 0.2) is 11.5 Å². The monoisotopic (exact) mass is 273 g/mol. The first-order chi connectivity index (χ1) is 8.24. The summed E-state index contributed by atoms with van der Waals surface area (Å²) in [4.78, 5) is 11.0. The predicted octanol–water partition coefficient (Wildman–Crippen LogP) is 2.30.